The molecular weight excluding hydrogens is 366 g/mol. The normalized spacial score (nSPS) is 15.7. The number of nitrogens with one attached hydrogen (secondary N) is 2. The second-order valence-electron chi connectivity index (χ2n) is 6.42. The summed E-state index contributed by atoms with van der Waals surface area (Å²) in [6.07, 6.45) is 0.595. The molecule has 2 aromatic carbocycles. The van der Waals surface area contributed by atoms with E-state index in [9.17, 15) is 13.2 Å². The van der Waals surface area contributed by atoms with E-state index >= 15 is 0 Å². The van der Waals surface area contributed by atoms with Crippen molar-refractivity contribution in [3.63, 3.8) is 0 Å². The summed E-state index contributed by atoms with van der Waals surface area (Å²) in [6.45, 7) is 1.88. The first-order valence-electron chi connectivity index (χ1n) is 8.51. The highest BCUT2D eigenvalue weighted by Gasteiger charge is 2.25. The molecule has 0 bridgehead atoms. The predicted molar refractivity (Wildman–Crippen MR) is 105 cm³/mol. The molecule has 1 aliphatic rings. The van der Waals surface area contributed by atoms with Crippen molar-refractivity contribution < 1.29 is 17.9 Å². The summed E-state index contributed by atoms with van der Waals surface area (Å²) in [4.78, 5) is 12.4. The highest BCUT2D eigenvalue weighted by atomic mass is 32.2. The molecule has 1 unspecified atom stereocenters. The average molecular weight is 387 g/mol. The number of ether oxygens (including phenoxy) is 1. The third-order valence-corrected chi connectivity index (χ3v) is 5.50. The number of carbonyl (C=O) groups is 1. The number of nitrogens with zero attached hydrogens (tertiary/aromatic N) is 1. The Morgan fingerprint density at radius 1 is 1.19 bits per heavy atom. The molecule has 2 aromatic rings. The number of hydrogen-bond donors (Lipinski definition) is 2. The summed E-state index contributed by atoms with van der Waals surface area (Å²) in [6, 6.07) is 13.7. The van der Waals surface area contributed by atoms with Crippen molar-refractivity contribution >= 4 is 33.1 Å². The Hall–Kier alpha value is -2.87. The van der Waals surface area contributed by atoms with Gasteiger partial charge in [0.1, 0.15) is 16.5 Å². The van der Waals surface area contributed by atoms with Gasteiger partial charge in [0.25, 0.3) is 10.0 Å². The highest BCUT2D eigenvalue weighted by Crippen LogP contribution is 2.28. The molecule has 0 fully saturated rings. The zero-order valence-corrected chi connectivity index (χ0v) is 15.9. The van der Waals surface area contributed by atoms with Crippen LogP contribution >= 0.6 is 0 Å². The van der Waals surface area contributed by atoms with Gasteiger partial charge in [-0.3, -0.25) is 4.79 Å². The molecule has 27 heavy (non-hydrogen) atoms. The van der Waals surface area contributed by atoms with Gasteiger partial charge in [0, 0.05) is 18.5 Å². The van der Waals surface area contributed by atoms with Crippen LogP contribution in [0.25, 0.3) is 0 Å². The Morgan fingerprint density at radius 2 is 1.89 bits per heavy atom. The smallest absolute Gasteiger partial charge is 0.286 e. The molecule has 0 spiro atoms. The minimum atomic E-state index is -3.71. The summed E-state index contributed by atoms with van der Waals surface area (Å²) in [5.74, 6) is 0.824. The molecule has 0 aromatic heterocycles. The lowest BCUT2D eigenvalue weighted by Crippen LogP contribution is -2.25. The van der Waals surface area contributed by atoms with Crippen LogP contribution in [0.5, 0.6) is 5.75 Å². The molecule has 1 heterocycles. The zero-order valence-electron chi connectivity index (χ0n) is 15.1. The van der Waals surface area contributed by atoms with E-state index in [0.29, 0.717) is 29.4 Å². The van der Waals surface area contributed by atoms with Gasteiger partial charge in [-0.15, -0.1) is 4.40 Å². The molecule has 1 aliphatic heterocycles. The first-order chi connectivity index (χ1) is 12.9. The summed E-state index contributed by atoms with van der Waals surface area (Å²) in [7, 11) is -2.13. The first-order valence-corrected chi connectivity index (χ1v) is 9.95. The lowest BCUT2D eigenvalue weighted by atomic mass is 10.0. The van der Waals surface area contributed by atoms with Crippen molar-refractivity contribution in [3.05, 3.63) is 48.5 Å². The summed E-state index contributed by atoms with van der Waals surface area (Å²) >= 11 is 0. The van der Waals surface area contributed by atoms with E-state index in [2.05, 4.69) is 15.0 Å². The van der Waals surface area contributed by atoms with Crippen LogP contribution in [0.15, 0.2) is 57.8 Å². The highest BCUT2D eigenvalue weighted by molar-refractivity contribution is 7.90. The lowest BCUT2D eigenvalue weighted by Gasteiger charge is -2.20. The van der Waals surface area contributed by atoms with Crippen molar-refractivity contribution in [2.24, 2.45) is 10.3 Å². The quantitative estimate of drug-likeness (QED) is 0.793. The molecule has 0 saturated carbocycles. The number of amides is 1. The van der Waals surface area contributed by atoms with Gasteiger partial charge in [0.2, 0.25) is 5.91 Å². The second-order valence-corrected chi connectivity index (χ2v) is 8.00. The minimum Gasteiger partial charge on any atom is -0.497 e. The Kier molecular flexibility index (Phi) is 5.46. The topological polar surface area (TPSA) is 96.9 Å². The second kappa shape index (κ2) is 7.79. The van der Waals surface area contributed by atoms with Crippen LogP contribution in [-0.2, 0) is 14.8 Å². The average Bonchev–Trinajstić information content (AvgIpc) is 2.61. The predicted octanol–water partition coefficient (Wildman–Crippen LogP) is 3.26. The minimum absolute atomic E-state index is 0.0880. The van der Waals surface area contributed by atoms with Gasteiger partial charge in [-0.1, -0.05) is 19.1 Å². The van der Waals surface area contributed by atoms with Gasteiger partial charge in [-0.05, 0) is 42.3 Å². The summed E-state index contributed by atoms with van der Waals surface area (Å²) < 4.78 is 33.4. The van der Waals surface area contributed by atoms with Crippen LogP contribution in [0, 0.1) is 5.92 Å². The van der Waals surface area contributed by atoms with Gasteiger partial charge >= 0.3 is 0 Å². The fourth-order valence-electron chi connectivity index (χ4n) is 2.86. The standard InChI is InChI=1S/C19H21N3O4S/c1-13(12-19(23)20-14-7-9-15(26-2)10-8-14)11-18-21-16-5-3-4-6-17(16)27(24,25)22-18/h3-10,13H,11-12H2,1-2H3,(H,20,23)(H,21,22). The third-order valence-electron chi connectivity index (χ3n) is 4.12. The number of anilines is 2. The van der Waals surface area contributed by atoms with Crippen LogP contribution in [0.1, 0.15) is 19.8 Å². The van der Waals surface area contributed by atoms with E-state index in [1.165, 1.54) is 6.07 Å². The fourth-order valence-corrected chi connectivity index (χ4v) is 4.02. The number of amidine groups is 1. The molecule has 0 radical (unpaired) electrons. The van der Waals surface area contributed by atoms with Crippen molar-refractivity contribution in [1.82, 2.24) is 0 Å². The number of para-hydroxylation sites is 1. The molecular formula is C19H21N3O4S. The maximum Gasteiger partial charge on any atom is 0.286 e. The van der Waals surface area contributed by atoms with Gasteiger partial charge in [-0.2, -0.15) is 8.42 Å². The molecule has 7 nitrogen and oxygen atoms in total. The van der Waals surface area contributed by atoms with Gasteiger partial charge in [0.05, 0.1) is 12.8 Å². The maximum atomic E-state index is 12.3. The van der Waals surface area contributed by atoms with Gasteiger partial charge in [-0.25, -0.2) is 0 Å². The summed E-state index contributed by atoms with van der Waals surface area (Å²) in [5.41, 5.74) is 1.19. The molecule has 8 heteroatoms. The summed E-state index contributed by atoms with van der Waals surface area (Å²) in [5, 5.41) is 5.86. The number of benzene rings is 2. The molecule has 142 valence electrons. The van der Waals surface area contributed by atoms with E-state index in [0.717, 1.165) is 0 Å². The Balaban J connectivity index is 1.60. The fraction of sp³-hybridized carbons (Fsp3) is 0.263. The Bertz CT molecular complexity index is 969. The van der Waals surface area contributed by atoms with Gasteiger partial charge in [0.15, 0.2) is 0 Å². The van der Waals surface area contributed by atoms with Crippen LogP contribution in [0.2, 0.25) is 0 Å². The van der Waals surface area contributed by atoms with Crippen LogP contribution < -0.4 is 15.4 Å². The first kappa shape index (κ1) is 18.9. The molecule has 2 N–H and O–H groups in total. The van der Waals surface area contributed by atoms with Crippen LogP contribution in [-0.4, -0.2) is 27.3 Å². The van der Waals surface area contributed by atoms with E-state index in [-0.39, 0.29) is 23.1 Å². The monoisotopic (exact) mass is 387 g/mol. The SMILES string of the molecule is COc1ccc(NC(=O)CC(C)CC2=NS(=O)(=O)c3ccccc3N2)cc1. The Labute approximate surface area is 158 Å². The molecule has 3 rings (SSSR count). The van der Waals surface area contributed by atoms with Crippen molar-refractivity contribution in [2.75, 3.05) is 17.7 Å². The van der Waals surface area contributed by atoms with E-state index in [1.807, 2.05) is 6.92 Å². The van der Waals surface area contributed by atoms with Crippen molar-refractivity contribution in [3.8, 4) is 5.75 Å². The zero-order chi connectivity index (χ0) is 19.4. The van der Waals surface area contributed by atoms with Crippen LogP contribution in [0.4, 0.5) is 11.4 Å². The number of hydrogen-bond acceptors (Lipinski definition) is 5. The number of carbonyl (C=O) groups excluding carboxylic acids is 1. The van der Waals surface area contributed by atoms with Crippen LogP contribution in [0.3, 0.4) is 0 Å². The number of methoxy groups -OCH3 is 1. The Morgan fingerprint density at radius 3 is 2.59 bits per heavy atom. The number of fused-ring (bicyclic) bond motifs is 1. The lowest BCUT2D eigenvalue weighted by molar-refractivity contribution is -0.116. The van der Waals surface area contributed by atoms with Crippen molar-refractivity contribution in [1.29, 1.82) is 0 Å². The van der Waals surface area contributed by atoms with Gasteiger partial charge < -0.3 is 15.4 Å². The third kappa shape index (κ3) is 4.65. The number of sulfonamides is 1. The maximum absolute atomic E-state index is 12.3. The molecule has 0 aliphatic carbocycles. The molecule has 1 amide bonds. The van der Waals surface area contributed by atoms with Crippen molar-refractivity contribution in [2.45, 2.75) is 24.7 Å². The molecule has 1 atom stereocenters. The largest absolute Gasteiger partial charge is 0.497 e. The van der Waals surface area contributed by atoms with E-state index < -0.39 is 10.0 Å². The molecule has 0 saturated heterocycles. The number of rotatable bonds is 6. The van der Waals surface area contributed by atoms with E-state index in [4.69, 9.17) is 4.74 Å². The van der Waals surface area contributed by atoms with E-state index in [1.54, 1.807) is 49.6 Å².